The van der Waals surface area contributed by atoms with Gasteiger partial charge >= 0.3 is 0 Å². The Labute approximate surface area is 103 Å². The van der Waals surface area contributed by atoms with Crippen molar-refractivity contribution < 1.29 is 13.2 Å². The summed E-state index contributed by atoms with van der Waals surface area (Å²) in [4.78, 5) is 0.405. The molecule has 0 radical (unpaired) electrons. The predicted molar refractivity (Wildman–Crippen MR) is 67.2 cm³/mol. The Kier molecular flexibility index (Phi) is 2.94. The second-order valence-corrected chi connectivity index (χ2v) is 7.31. The molecule has 0 unspecified atom stereocenters. The second-order valence-electron chi connectivity index (χ2n) is 5.03. The highest BCUT2D eigenvalue weighted by molar-refractivity contribution is 7.91. The molecular formula is C13H18O3S. The van der Waals surface area contributed by atoms with Crippen LogP contribution in [0.2, 0.25) is 0 Å². The monoisotopic (exact) mass is 254 g/mol. The maximum Gasteiger partial charge on any atom is 0.178 e. The summed E-state index contributed by atoms with van der Waals surface area (Å²) in [6.45, 7) is 5.76. The van der Waals surface area contributed by atoms with Crippen molar-refractivity contribution in [3.8, 4) is 5.75 Å². The van der Waals surface area contributed by atoms with Gasteiger partial charge in [0.2, 0.25) is 0 Å². The third-order valence-electron chi connectivity index (χ3n) is 3.15. The van der Waals surface area contributed by atoms with Crippen LogP contribution in [0.3, 0.4) is 0 Å². The van der Waals surface area contributed by atoms with Gasteiger partial charge in [0, 0.05) is 0 Å². The molecule has 1 aliphatic heterocycles. The summed E-state index contributed by atoms with van der Waals surface area (Å²) in [5.74, 6) is 0.953. The maximum atomic E-state index is 11.8. The third-order valence-corrected chi connectivity index (χ3v) is 4.89. The maximum absolute atomic E-state index is 11.8. The summed E-state index contributed by atoms with van der Waals surface area (Å²) in [6.07, 6.45) is 1.78. The number of aryl methyl sites for hydroxylation is 1. The fraction of sp³-hybridized carbons (Fsp3) is 0.538. The van der Waals surface area contributed by atoms with Crippen LogP contribution in [-0.2, 0) is 16.3 Å². The zero-order valence-electron chi connectivity index (χ0n) is 10.5. The molecule has 0 atom stereocenters. The van der Waals surface area contributed by atoms with E-state index in [1.54, 1.807) is 25.1 Å². The smallest absolute Gasteiger partial charge is 0.178 e. The van der Waals surface area contributed by atoms with Crippen LogP contribution < -0.4 is 4.74 Å². The number of hydrogen-bond acceptors (Lipinski definition) is 3. The van der Waals surface area contributed by atoms with Crippen molar-refractivity contribution in [1.82, 2.24) is 0 Å². The number of sulfone groups is 1. The number of benzene rings is 1. The average molecular weight is 254 g/mol. The lowest BCUT2D eigenvalue weighted by atomic mass is 9.94. The lowest BCUT2D eigenvalue weighted by Gasteiger charge is -2.32. The first-order valence-corrected chi connectivity index (χ1v) is 7.54. The molecule has 0 bridgehead atoms. The Bertz CT molecular complexity index is 530. The molecule has 0 aliphatic carbocycles. The van der Waals surface area contributed by atoms with Crippen LogP contribution in [0.5, 0.6) is 5.75 Å². The summed E-state index contributed by atoms with van der Waals surface area (Å²) in [5, 5.41) is 0. The number of fused-ring (bicyclic) bond motifs is 1. The van der Waals surface area contributed by atoms with E-state index in [0.29, 0.717) is 4.90 Å². The molecule has 0 saturated heterocycles. The third kappa shape index (κ3) is 2.46. The highest BCUT2D eigenvalue weighted by Crippen LogP contribution is 2.34. The van der Waals surface area contributed by atoms with E-state index in [9.17, 15) is 8.42 Å². The Morgan fingerprint density at radius 1 is 1.35 bits per heavy atom. The van der Waals surface area contributed by atoms with Crippen LogP contribution in [0.25, 0.3) is 0 Å². The quantitative estimate of drug-likeness (QED) is 0.814. The largest absolute Gasteiger partial charge is 0.488 e. The van der Waals surface area contributed by atoms with Crippen molar-refractivity contribution in [3.63, 3.8) is 0 Å². The van der Waals surface area contributed by atoms with Gasteiger partial charge in [-0.3, -0.25) is 0 Å². The van der Waals surface area contributed by atoms with Crippen molar-refractivity contribution in [1.29, 1.82) is 0 Å². The van der Waals surface area contributed by atoms with Crippen LogP contribution in [-0.4, -0.2) is 19.8 Å². The molecule has 94 valence electrons. The van der Waals surface area contributed by atoms with E-state index >= 15 is 0 Å². The summed E-state index contributed by atoms with van der Waals surface area (Å²) in [5.41, 5.74) is 0.844. The SMILES string of the molecule is CCS(=O)(=O)c1ccc2c(c1)CCC(C)(C)O2. The predicted octanol–water partition coefficient (Wildman–Crippen LogP) is 2.58. The van der Waals surface area contributed by atoms with E-state index in [1.165, 1.54) is 0 Å². The molecule has 0 spiro atoms. The molecule has 1 aromatic rings. The van der Waals surface area contributed by atoms with Crippen molar-refractivity contribution in [3.05, 3.63) is 23.8 Å². The van der Waals surface area contributed by atoms with Gasteiger partial charge in [0.25, 0.3) is 0 Å². The number of rotatable bonds is 2. The van der Waals surface area contributed by atoms with Gasteiger partial charge in [0.05, 0.1) is 10.6 Å². The highest BCUT2D eigenvalue weighted by atomic mass is 32.2. The van der Waals surface area contributed by atoms with E-state index in [2.05, 4.69) is 0 Å². The topological polar surface area (TPSA) is 43.4 Å². The van der Waals surface area contributed by atoms with E-state index in [4.69, 9.17) is 4.74 Å². The molecule has 0 amide bonds. The molecule has 0 saturated carbocycles. The van der Waals surface area contributed by atoms with Crippen LogP contribution >= 0.6 is 0 Å². The van der Waals surface area contributed by atoms with E-state index in [0.717, 1.165) is 24.2 Å². The summed E-state index contributed by atoms with van der Waals surface area (Å²) < 4.78 is 29.4. The Hall–Kier alpha value is -1.03. The summed E-state index contributed by atoms with van der Waals surface area (Å²) >= 11 is 0. The van der Waals surface area contributed by atoms with Gasteiger partial charge < -0.3 is 4.74 Å². The highest BCUT2D eigenvalue weighted by Gasteiger charge is 2.27. The molecule has 0 N–H and O–H groups in total. The van der Waals surface area contributed by atoms with Gasteiger partial charge in [-0.05, 0) is 50.5 Å². The van der Waals surface area contributed by atoms with Gasteiger partial charge in [-0.15, -0.1) is 0 Å². The minimum atomic E-state index is -3.12. The molecule has 1 aliphatic rings. The molecule has 3 nitrogen and oxygen atoms in total. The fourth-order valence-corrected chi connectivity index (χ4v) is 2.93. The minimum absolute atomic E-state index is 0.137. The fourth-order valence-electron chi connectivity index (χ4n) is 2.00. The summed E-state index contributed by atoms with van der Waals surface area (Å²) in [6, 6.07) is 5.17. The van der Waals surface area contributed by atoms with Crippen LogP contribution in [0, 0.1) is 0 Å². The van der Waals surface area contributed by atoms with Gasteiger partial charge in [-0.2, -0.15) is 0 Å². The van der Waals surface area contributed by atoms with E-state index < -0.39 is 9.84 Å². The van der Waals surface area contributed by atoms with Gasteiger partial charge in [-0.1, -0.05) is 6.92 Å². The second kappa shape index (κ2) is 4.02. The van der Waals surface area contributed by atoms with E-state index in [1.807, 2.05) is 13.8 Å². The standard InChI is InChI=1S/C13H18O3S/c1-4-17(14,15)11-5-6-12-10(9-11)7-8-13(2,3)16-12/h5-6,9H,4,7-8H2,1-3H3. The molecule has 4 heteroatoms. The van der Waals surface area contributed by atoms with Gasteiger partial charge in [-0.25, -0.2) is 8.42 Å². The molecule has 1 heterocycles. The first kappa shape index (κ1) is 12.4. The van der Waals surface area contributed by atoms with Crippen molar-refractivity contribution in [2.24, 2.45) is 0 Å². The number of hydrogen-bond donors (Lipinski definition) is 0. The van der Waals surface area contributed by atoms with Crippen LogP contribution in [0.4, 0.5) is 0 Å². The van der Waals surface area contributed by atoms with Crippen molar-refractivity contribution in [2.75, 3.05) is 5.75 Å². The van der Waals surface area contributed by atoms with Crippen molar-refractivity contribution in [2.45, 2.75) is 44.1 Å². The van der Waals surface area contributed by atoms with Crippen molar-refractivity contribution >= 4 is 9.84 Å². The first-order valence-electron chi connectivity index (χ1n) is 5.89. The molecule has 0 aromatic heterocycles. The van der Waals surface area contributed by atoms with Crippen LogP contribution in [0.1, 0.15) is 32.8 Å². The molecule has 2 rings (SSSR count). The molecular weight excluding hydrogens is 236 g/mol. The molecule has 1 aromatic carbocycles. The lowest BCUT2D eigenvalue weighted by molar-refractivity contribution is 0.0845. The lowest BCUT2D eigenvalue weighted by Crippen LogP contribution is -2.32. The Morgan fingerprint density at radius 2 is 2.06 bits per heavy atom. The first-order chi connectivity index (χ1) is 7.84. The Morgan fingerprint density at radius 3 is 2.71 bits per heavy atom. The molecule has 0 fully saturated rings. The molecule has 17 heavy (non-hydrogen) atoms. The van der Waals surface area contributed by atoms with E-state index in [-0.39, 0.29) is 11.4 Å². The van der Waals surface area contributed by atoms with Gasteiger partial charge in [0.1, 0.15) is 11.4 Å². The normalized spacial score (nSPS) is 18.3. The minimum Gasteiger partial charge on any atom is -0.488 e. The Balaban J connectivity index is 2.41. The zero-order chi connectivity index (χ0) is 12.7. The average Bonchev–Trinajstić information content (AvgIpc) is 2.27. The summed E-state index contributed by atoms with van der Waals surface area (Å²) in [7, 11) is -3.12. The zero-order valence-corrected chi connectivity index (χ0v) is 11.3. The van der Waals surface area contributed by atoms with Crippen LogP contribution in [0.15, 0.2) is 23.1 Å². The van der Waals surface area contributed by atoms with Gasteiger partial charge in [0.15, 0.2) is 9.84 Å². The number of ether oxygens (including phenoxy) is 1.